The summed E-state index contributed by atoms with van der Waals surface area (Å²) < 4.78 is 71.4. The molecule has 100 heavy (non-hydrogen) atoms. The van der Waals surface area contributed by atoms with E-state index in [4.69, 9.17) is 56.8 Å². The molecule has 10 rings (SSSR count). The molecule has 33 heteroatoms. The van der Waals surface area contributed by atoms with Crippen molar-refractivity contribution in [2.24, 2.45) is 51.2 Å². The Morgan fingerprint density at radius 3 is 1.40 bits per heavy atom. The molecule has 6 heterocycles. The van der Waals surface area contributed by atoms with E-state index in [1.807, 2.05) is 13.8 Å². The largest absolute Gasteiger partial charge is 0.394 e. The van der Waals surface area contributed by atoms with Crippen LogP contribution in [0.3, 0.4) is 0 Å². The number of fused-ring (bicyclic) bond motifs is 5. The number of aliphatic hydroxyl groups excluding tert-OH is 20. The lowest BCUT2D eigenvalue weighted by Gasteiger charge is -2.67. The van der Waals surface area contributed by atoms with Gasteiger partial charge in [-0.2, -0.15) is 0 Å². The molecule has 10 aliphatic rings. The predicted molar refractivity (Wildman–Crippen MR) is 336 cm³/mol. The zero-order valence-electron chi connectivity index (χ0n) is 58.1. The van der Waals surface area contributed by atoms with E-state index in [0.717, 1.165) is 18.4 Å². The van der Waals surface area contributed by atoms with Crippen LogP contribution in [0.4, 0.5) is 0 Å². The standard InChI is InChI=1S/C67H114O33/c1-25(27-16-17-65(7)36-13-11-28-29(67(36,9)37(71)18-66(27,65)8)12-15-38(63(28,3)4)98-60-54(86)50(82)45(77)34(96-60)23-90-58-52(84)47(79)42(74)31(20-69)93-58)10-14-39(64(5,6)88)99-62-56(100-61-55(87)48(80)43(75)32(21-70)94-61)51(83)46(78)35(97-62)24-91-59-53(85)49(81)44(76)33(95-59)22-89-57-41(73)26(2)40(72)30(19-68)92-57/h11,25-27,29-62,68-88H,10,12-24H2,1-9H3. The number of ether oxygens (including phenoxy) is 12. The van der Waals surface area contributed by atoms with Crippen molar-refractivity contribution in [3.8, 4) is 0 Å². The van der Waals surface area contributed by atoms with E-state index in [1.165, 1.54) is 20.8 Å². The summed E-state index contributed by atoms with van der Waals surface area (Å²) in [6.07, 6.45) is -44.1. The summed E-state index contributed by atoms with van der Waals surface area (Å²) in [4.78, 5) is 0. The molecule has 0 amide bonds. The second kappa shape index (κ2) is 31.6. The first-order chi connectivity index (χ1) is 46.8. The normalized spacial score (nSPS) is 52.1. The van der Waals surface area contributed by atoms with Crippen LogP contribution in [0.1, 0.15) is 114 Å². The second-order valence-corrected chi connectivity index (χ2v) is 31.9. The van der Waals surface area contributed by atoms with Crippen molar-refractivity contribution in [2.45, 2.75) is 316 Å². The fraction of sp³-hybridized carbons (Fsp3) is 0.970. The quantitative estimate of drug-likeness (QED) is 0.0423. The average Bonchev–Trinajstić information content (AvgIpc) is 1.32. The van der Waals surface area contributed by atoms with Crippen molar-refractivity contribution in [1.82, 2.24) is 0 Å². The van der Waals surface area contributed by atoms with Crippen LogP contribution in [0, 0.1) is 51.2 Å². The highest BCUT2D eigenvalue weighted by molar-refractivity contribution is 5.32. The number of allylic oxidation sites excluding steroid dienone is 1. The highest BCUT2D eigenvalue weighted by Crippen LogP contribution is 2.75. The third-order valence-electron chi connectivity index (χ3n) is 25.3. The molecular formula is C67H114O33. The molecule has 3 saturated carbocycles. The van der Waals surface area contributed by atoms with Crippen molar-refractivity contribution in [2.75, 3.05) is 39.6 Å². The fourth-order valence-electron chi connectivity index (χ4n) is 18.6. The number of hydrogen-bond donors (Lipinski definition) is 21. The molecule has 33 nitrogen and oxygen atoms in total. The van der Waals surface area contributed by atoms with E-state index in [0.29, 0.717) is 32.1 Å². The van der Waals surface area contributed by atoms with Gasteiger partial charge >= 0.3 is 0 Å². The lowest BCUT2D eigenvalue weighted by molar-refractivity contribution is -0.380. The van der Waals surface area contributed by atoms with Gasteiger partial charge < -0.3 is 164 Å². The van der Waals surface area contributed by atoms with E-state index in [-0.39, 0.29) is 35.5 Å². The molecular weight excluding hydrogens is 1330 g/mol. The third kappa shape index (κ3) is 14.9. The minimum Gasteiger partial charge on any atom is -0.394 e. The number of aliphatic hydroxyl groups is 21. The zero-order valence-corrected chi connectivity index (χ0v) is 58.1. The smallest absolute Gasteiger partial charge is 0.187 e. The van der Waals surface area contributed by atoms with Gasteiger partial charge in [-0.1, -0.05) is 60.1 Å². The number of rotatable bonds is 23. The lowest BCUT2D eigenvalue weighted by atomic mass is 9.38. The first kappa shape index (κ1) is 80.9. The molecule has 580 valence electrons. The summed E-state index contributed by atoms with van der Waals surface area (Å²) in [5.74, 6) is -0.952. The van der Waals surface area contributed by atoms with Crippen LogP contribution in [-0.4, -0.2) is 349 Å². The summed E-state index contributed by atoms with van der Waals surface area (Å²) in [5.41, 5.74) is -2.66. The van der Waals surface area contributed by atoms with Gasteiger partial charge in [-0.05, 0) is 99.7 Å². The highest BCUT2D eigenvalue weighted by atomic mass is 16.8. The highest BCUT2D eigenvalue weighted by Gasteiger charge is 2.71. The summed E-state index contributed by atoms with van der Waals surface area (Å²) in [6, 6.07) is 0. The summed E-state index contributed by atoms with van der Waals surface area (Å²) in [5, 5.41) is 229. The average molecular weight is 1450 g/mol. The molecule has 40 unspecified atom stereocenters. The molecule has 9 fully saturated rings. The van der Waals surface area contributed by atoms with Crippen LogP contribution >= 0.6 is 0 Å². The number of hydrogen-bond acceptors (Lipinski definition) is 33. The third-order valence-corrected chi connectivity index (χ3v) is 25.3. The van der Waals surface area contributed by atoms with Gasteiger partial charge in [0.05, 0.1) is 69.7 Å². The molecule has 0 aromatic heterocycles. The molecule has 4 aliphatic carbocycles. The Bertz CT molecular complexity index is 2670. The van der Waals surface area contributed by atoms with Gasteiger partial charge in [0.2, 0.25) is 0 Å². The first-order valence-corrected chi connectivity index (χ1v) is 35.4. The maximum Gasteiger partial charge on any atom is 0.187 e. The molecule has 40 atom stereocenters. The van der Waals surface area contributed by atoms with E-state index in [2.05, 4.69) is 33.8 Å². The van der Waals surface area contributed by atoms with Crippen molar-refractivity contribution < 1.29 is 164 Å². The van der Waals surface area contributed by atoms with Gasteiger partial charge in [-0.3, -0.25) is 0 Å². The Morgan fingerprint density at radius 1 is 0.480 bits per heavy atom. The van der Waals surface area contributed by atoms with Crippen LogP contribution in [0.2, 0.25) is 0 Å². The minimum absolute atomic E-state index is 0.00561. The molecule has 21 N–H and O–H groups in total. The van der Waals surface area contributed by atoms with Crippen LogP contribution in [-0.2, 0) is 56.8 Å². The van der Waals surface area contributed by atoms with Gasteiger partial charge in [0.15, 0.2) is 37.7 Å². The monoisotopic (exact) mass is 1450 g/mol. The van der Waals surface area contributed by atoms with Crippen molar-refractivity contribution in [3.63, 3.8) is 0 Å². The maximum absolute atomic E-state index is 12.9. The SMILES string of the molecule is CC(CCC(OC1OC(COC2OC(COC3OC(CO)C(O)C(C)C3O)C(O)C(O)C2O)C(O)C(O)C1OC1OC(CO)C(O)C(O)C1O)C(C)(C)O)C1CCC2(C)C3CC=C4C(CCC(OC5OC(COC6OC(CO)C(O)C(O)C6O)C(O)C(O)C5O)C4(C)C)C3(C)C(O)CC12C. The Kier molecular flexibility index (Phi) is 25.5. The van der Waals surface area contributed by atoms with E-state index in [1.54, 1.807) is 0 Å². The molecule has 0 aromatic rings. The van der Waals surface area contributed by atoms with Crippen LogP contribution < -0.4 is 0 Å². The molecule has 0 spiro atoms. The van der Waals surface area contributed by atoms with Crippen LogP contribution in [0.15, 0.2) is 11.6 Å². The predicted octanol–water partition coefficient (Wildman–Crippen LogP) is -6.31. The van der Waals surface area contributed by atoms with Crippen LogP contribution in [0.5, 0.6) is 0 Å². The maximum atomic E-state index is 12.9. The molecule has 6 saturated heterocycles. The molecule has 0 aromatic carbocycles. The van der Waals surface area contributed by atoms with Crippen molar-refractivity contribution >= 4 is 0 Å². The minimum atomic E-state index is -2.02. The van der Waals surface area contributed by atoms with Gasteiger partial charge in [0.1, 0.15) is 134 Å². The Hall–Kier alpha value is -1.58. The van der Waals surface area contributed by atoms with Gasteiger partial charge in [0, 0.05) is 16.7 Å². The summed E-state index contributed by atoms with van der Waals surface area (Å²) in [7, 11) is 0. The molecule has 6 aliphatic heterocycles. The van der Waals surface area contributed by atoms with Gasteiger partial charge in [0.25, 0.3) is 0 Å². The topological polar surface area (TPSA) is 536 Å². The van der Waals surface area contributed by atoms with Crippen molar-refractivity contribution in [1.29, 1.82) is 0 Å². The lowest BCUT2D eigenvalue weighted by Crippen LogP contribution is -2.65. The Balaban J connectivity index is 0.815. The van der Waals surface area contributed by atoms with E-state index in [9.17, 15) is 107 Å². The summed E-state index contributed by atoms with van der Waals surface area (Å²) in [6.45, 7) is 13.4. The van der Waals surface area contributed by atoms with Crippen LogP contribution in [0.25, 0.3) is 0 Å². The molecule has 0 bridgehead atoms. The van der Waals surface area contributed by atoms with Gasteiger partial charge in [-0.25, -0.2) is 0 Å². The molecule has 0 radical (unpaired) electrons. The first-order valence-electron chi connectivity index (χ1n) is 35.4. The Labute approximate surface area is 580 Å². The van der Waals surface area contributed by atoms with E-state index >= 15 is 0 Å². The second-order valence-electron chi connectivity index (χ2n) is 31.9. The zero-order chi connectivity index (χ0) is 73.5. The van der Waals surface area contributed by atoms with E-state index < -0.39 is 264 Å². The van der Waals surface area contributed by atoms with Gasteiger partial charge in [-0.15, -0.1) is 0 Å². The Morgan fingerprint density at radius 2 is 0.900 bits per heavy atom. The summed E-state index contributed by atoms with van der Waals surface area (Å²) >= 11 is 0. The fourth-order valence-corrected chi connectivity index (χ4v) is 18.6. The van der Waals surface area contributed by atoms with Crippen molar-refractivity contribution in [3.05, 3.63) is 11.6 Å².